The van der Waals surface area contributed by atoms with Gasteiger partial charge in [-0.3, -0.25) is 18.5 Å². The van der Waals surface area contributed by atoms with E-state index >= 15 is 0 Å². The lowest BCUT2D eigenvalue weighted by molar-refractivity contribution is 0.247. The van der Waals surface area contributed by atoms with E-state index in [2.05, 4.69) is 20.0 Å². The summed E-state index contributed by atoms with van der Waals surface area (Å²) in [5.41, 5.74) is 7.29. The number of nitrogens with zero attached hydrogens (tertiary/aromatic N) is 7. The van der Waals surface area contributed by atoms with Crippen LogP contribution in [0.3, 0.4) is 0 Å². The lowest BCUT2D eigenvalue weighted by Gasteiger charge is -2.36. The number of benzene rings is 1. The molecule has 1 fully saturated rings. The molecule has 4 aromatic heterocycles. The Hall–Kier alpha value is -3.60. The van der Waals surface area contributed by atoms with E-state index in [1.165, 1.54) is 23.1 Å². The second-order valence-electron chi connectivity index (χ2n) is 9.48. The third-order valence-corrected chi connectivity index (χ3v) is 8.55. The van der Waals surface area contributed by atoms with Gasteiger partial charge in [-0.1, -0.05) is 11.3 Å². The Bertz CT molecular complexity index is 1800. The van der Waals surface area contributed by atoms with Crippen molar-refractivity contribution in [3.8, 4) is 17.3 Å². The highest BCUT2D eigenvalue weighted by molar-refractivity contribution is 7.84. The molecule has 1 aliphatic heterocycles. The van der Waals surface area contributed by atoms with Gasteiger partial charge in [0.1, 0.15) is 10.5 Å². The standard InChI is InChI=1S/C25H26F2N8O4S2.ClH/c1-41(37)12-11-39-19-14-17(15(26)13-16(19)27)33-7-4-32(5-8-33)6-9-34-22-20(40-25(34)36)23-29-21(18-3-2-10-38-18)31-35(23)24(28)30-22;/h2-3,10,13-14H,4-9,11-12H2,1H3,(H2,28,30);1H/t41-;/m1./s1. The zero-order valence-corrected chi connectivity index (χ0v) is 24.8. The zero-order chi connectivity index (χ0) is 28.7. The number of aromatic nitrogens is 5. The van der Waals surface area contributed by atoms with Gasteiger partial charge >= 0.3 is 4.87 Å². The van der Waals surface area contributed by atoms with Crippen LogP contribution in [0.25, 0.3) is 27.6 Å². The highest BCUT2D eigenvalue weighted by atomic mass is 35.5. The third kappa shape index (κ3) is 5.84. The summed E-state index contributed by atoms with van der Waals surface area (Å²) in [6.07, 6.45) is 3.06. The van der Waals surface area contributed by atoms with Crippen LogP contribution in [0, 0.1) is 11.6 Å². The number of furan rings is 1. The first-order valence-corrected chi connectivity index (χ1v) is 15.3. The fourth-order valence-corrected chi connectivity index (χ4v) is 5.98. The van der Waals surface area contributed by atoms with E-state index in [9.17, 15) is 17.8 Å². The van der Waals surface area contributed by atoms with Crippen LogP contribution in [0.4, 0.5) is 20.4 Å². The van der Waals surface area contributed by atoms with Crippen molar-refractivity contribution in [2.24, 2.45) is 0 Å². The van der Waals surface area contributed by atoms with Crippen LogP contribution in [0.15, 0.2) is 39.7 Å². The fraction of sp³-hybridized carbons (Fsp3) is 0.360. The second-order valence-corrected chi connectivity index (χ2v) is 12.0. The minimum absolute atomic E-state index is 0. The van der Waals surface area contributed by atoms with Crippen molar-refractivity contribution >= 4 is 62.2 Å². The van der Waals surface area contributed by atoms with Crippen LogP contribution in [0.1, 0.15) is 0 Å². The van der Waals surface area contributed by atoms with Crippen LogP contribution in [0.2, 0.25) is 0 Å². The van der Waals surface area contributed by atoms with Gasteiger partial charge in [0.05, 0.1) is 24.3 Å². The van der Waals surface area contributed by atoms with Crippen molar-refractivity contribution in [2.45, 2.75) is 6.54 Å². The summed E-state index contributed by atoms with van der Waals surface area (Å²) in [4.78, 5) is 25.7. The van der Waals surface area contributed by atoms with Crippen molar-refractivity contribution < 1.29 is 22.1 Å². The van der Waals surface area contributed by atoms with Crippen LogP contribution in [-0.4, -0.2) is 84.6 Å². The predicted molar refractivity (Wildman–Crippen MR) is 159 cm³/mol. The summed E-state index contributed by atoms with van der Waals surface area (Å²) >= 11 is 1.03. The Morgan fingerprint density at radius 3 is 2.62 bits per heavy atom. The van der Waals surface area contributed by atoms with Gasteiger partial charge in [-0.25, -0.2) is 13.8 Å². The minimum Gasteiger partial charge on any atom is -0.489 e. The summed E-state index contributed by atoms with van der Waals surface area (Å²) in [7, 11) is -1.08. The molecule has 1 saturated heterocycles. The normalized spacial score (nSPS) is 14.9. The summed E-state index contributed by atoms with van der Waals surface area (Å²) in [5.74, 6) is -0.355. The van der Waals surface area contributed by atoms with Gasteiger partial charge in [-0.15, -0.1) is 17.5 Å². The molecular weight excluding hydrogens is 614 g/mol. The number of piperazine rings is 1. The Morgan fingerprint density at radius 1 is 1.12 bits per heavy atom. The topological polar surface area (TPSA) is 137 Å². The van der Waals surface area contributed by atoms with Crippen LogP contribution in [0.5, 0.6) is 5.75 Å². The number of hydrogen-bond donors (Lipinski definition) is 1. The zero-order valence-electron chi connectivity index (χ0n) is 22.4. The molecule has 12 nitrogen and oxygen atoms in total. The largest absolute Gasteiger partial charge is 0.489 e. The first kappa shape index (κ1) is 29.9. The molecule has 17 heteroatoms. The molecule has 0 spiro atoms. The summed E-state index contributed by atoms with van der Waals surface area (Å²) in [5, 5.41) is 4.37. The number of halogens is 3. The fourth-order valence-electron chi connectivity index (χ4n) is 4.73. The molecule has 0 radical (unpaired) electrons. The number of anilines is 2. The summed E-state index contributed by atoms with van der Waals surface area (Å²) in [6, 6.07) is 5.64. The first-order chi connectivity index (χ1) is 19.8. The van der Waals surface area contributed by atoms with Gasteiger partial charge in [-0.2, -0.15) is 9.50 Å². The maximum Gasteiger partial charge on any atom is 0.309 e. The molecule has 5 aromatic rings. The monoisotopic (exact) mass is 640 g/mol. The maximum atomic E-state index is 14.6. The number of fused-ring (bicyclic) bond motifs is 3. The van der Waals surface area contributed by atoms with Crippen LogP contribution in [-0.2, 0) is 17.3 Å². The van der Waals surface area contributed by atoms with Gasteiger partial charge in [0, 0.05) is 68.5 Å². The Morgan fingerprint density at radius 2 is 1.90 bits per heavy atom. The van der Waals surface area contributed by atoms with Gasteiger partial charge in [0.2, 0.25) is 11.8 Å². The predicted octanol–water partition coefficient (Wildman–Crippen LogP) is 2.62. The number of ether oxygens (including phenoxy) is 1. The molecule has 0 amide bonds. The smallest absolute Gasteiger partial charge is 0.309 e. The molecule has 0 bridgehead atoms. The quantitative estimate of drug-likeness (QED) is 0.256. The maximum absolute atomic E-state index is 14.6. The summed E-state index contributed by atoms with van der Waals surface area (Å²) < 4.78 is 54.5. The van der Waals surface area contributed by atoms with Gasteiger partial charge in [0.25, 0.3) is 0 Å². The molecule has 0 aliphatic carbocycles. The molecule has 0 saturated carbocycles. The van der Waals surface area contributed by atoms with E-state index in [0.29, 0.717) is 66.8 Å². The molecule has 42 heavy (non-hydrogen) atoms. The number of thiazole rings is 1. The Labute approximate surface area is 250 Å². The Kier molecular flexibility index (Phi) is 8.77. The molecular formula is C25H27ClF2N8O4S2. The van der Waals surface area contributed by atoms with Crippen LogP contribution < -0.4 is 20.2 Å². The molecule has 0 unspecified atom stereocenters. The molecule has 6 rings (SSSR count). The lowest BCUT2D eigenvalue weighted by Crippen LogP contribution is -2.47. The molecule has 224 valence electrons. The molecule has 2 N–H and O–H groups in total. The molecule has 1 aromatic carbocycles. The van der Waals surface area contributed by atoms with Crippen molar-refractivity contribution in [3.05, 3.63) is 51.8 Å². The summed E-state index contributed by atoms with van der Waals surface area (Å²) in [6.45, 7) is 3.23. The van der Waals surface area contributed by atoms with E-state index in [1.807, 2.05) is 4.90 Å². The van der Waals surface area contributed by atoms with Gasteiger partial charge in [-0.05, 0) is 12.1 Å². The molecule has 1 aliphatic rings. The van der Waals surface area contributed by atoms with E-state index in [-0.39, 0.29) is 47.0 Å². The average molecular weight is 641 g/mol. The first-order valence-electron chi connectivity index (χ1n) is 12.8. The highest BCUT2D eigenvalue weighted by Crippen LogP contribution is 2.29. The van der Waals surface area contributed by atoms with E-state index in [0.717, 1.165) is 17.4 Å². The van der Waals surface area contributed by atoms with Gasteiger partial charge < -0.3 is 19.8 Å². The molecule has 5 heterocycles. The van der Waals surface area contributed by atoms with Crippen molar-refractivity contribution in [3.63, 3.8) is 0 Å². The lowest BCUT2D eigenvalue weighted by atomic mass is 10.2. The highest BCUT2D eigenvalue weighted by Gasteiger charge is 2.23. The van der Waals surface area contributed by atoms with E-state index in [4.69, 9.17) is 14.9 Å². The number of nitrogens with two attached hydrogens (primary N) is 1. The number of nitrogen functional groups attached to an aromatic ring is 1. The van der Waals surface area contributed by atoms with E-state index in [1.54, 1.807) is 16.7 Å². The third-order valence-electron chi connectivity index (χ3n) is 6.84. The van der Waals surface area contributed by atoms with Crippen LogP contribution >= 0.6 is 23.7 Å². The van der Waals surface area contributed by atoms with E-state index < -0.39 is 22.4 Å². The second kappa shape index (κ2) is 12.3. The average Bonchev–Trinajstić information content (AvgIpc) is 3.68. The minimum atomic E-state index is -1.08. The number of hydrogen-bond acceptors (Lipinski definition) is 11. The Balaban J connectivity index is 0.00000353. The number of rotatable bonds is 9. The van der Waals surface area contributed by atoms with Gasteiger partial charge in [0.15, 0.2) is 28.6 Å². The SMILES string of the molecule is C[S@@](=O)CCOc1cc(N2CCN(CCn3c(=O)sc4c3nc(N)n3nc(-c5ccco5)nc43)CC2)c(F)cc1F.Cl. The van der Waals surface area contributed by atoms with Crippen molar-refractivity contribution in [2.75, 3.05) is 62.0 Å². The van der Waals surface area contributed by atoms with Crippen molar-refractivity contribution in [1.29, 1.82) is 0 Å². The molecule has 1 atom stereocenters. The van der Waals surface area contributed by atoms with Crippen molar-refractivity contribution in [1.82, 2.24) is 29.0 Å².